The minimum absolute atomic E-state index is 0.112. The number of rotatable bonds is 5. The lowest BCUT2D eigenvalue weighted by Gasteiger charge is -2.10. The quantitative estimate of drug-likeness (QED) is 0.782. The molecule has 0 aliphatic rings. The summed E-state index contributed by atoms with van der Waals surface area (Å²) in [5, 5.41) is 12.7. The van der Waals surface area contributed by atoms with E-state index < -0.39 is 17.9 Å². The van der Waals surface area contributed by atoms with E-state index in [1.54, 1.807) is 12.3 Å². The summed E-state index contributed by atoms with van der Waals surface area (Å²) in [4.78, 5) is 34.0. The van der Waals surface area contributed by atoms with Crippen molar-refractivity contribution in [2.24, 2.45) is 0 Å². The Hall–Kier alpha value is -1.69. The van der Waals surface area contributed by atoms with Crippen molar-refractivity contribution in [3.63, 3.8) is 0 Å². The van der Waals surface area contributed by atoms with Gasteiger partial charge in [-0.2, -0.15) is 0 Å². The van der Waals surface area contributed by atoms with Crippen LogP contribution in [-0.2, 0) is 4.79 Å². The van der Waals surface area contributed by atoms with Crippen molar-refractivity contribution in [2.75, 3.05) is 0 Å². The molecule has 1 atom stereocenters. The topological polar surface area (TPSA) is 83.5 Å². The summed E-state index contributed by atoms with van der Waals surface area (Å²) in [6.45, 7) is 3.09. The molecule has 1 rings (SSSR count). The lowest BCUT2D eigenvalue weighted by atomic mass is 10.2. The zero-order valence-electron chi connectivity index (χ0n) is 9.52. The molecule has 0 saturated carbocycles. The van der Waals surface area contributed by atoms with Crippen LogP contribution in [-0.4, -0.2) is 28.8 Å². The van der Waals surface area contributed by atoms with E-state index in [2.05, 4.69) is 5.32 Å². The van der Waals surface area contributed by atoms with E-state index in [1.165, 1.54) is 24.3 Å². The number of carbonyl (C=O) groups excluding carboxylic acids is 2. The molecule has 0 bridgehead atoms. The first kappa shape index (κ1) is 13.4. The highest BCUT2D eigenvalue weighted by Gasteiger charge is 2.19. The average Bonchev–Trinajstić information content (AvgIpc) is 2.74. The van der Waals surface area contributed by atoms with Crippen molar-refractivity contribution in [1.29, 1.82) is 0 Å². The molecular formula is C11H13NO4S. The van der Waals surface area contributed by atoms with Gasteiger partial charge in [0.05, 0.1) is 10.4 Å². The summed E-state index contributed by atoms with van der Waals surface area (Å²) in [6, 6.07) is 0.569. The third kappa shape index (κ3) is 3.39. The lowest BCUT2D eigenvalue weighted by Crippen LogP contribution is -2.40. The highest BCUT2D eigenvalue weighted by atomic mass is 32.1. The second-order valence-electron chi connectivity index (χ2n) is 3.53. The van der Waals surface area contributed by atoms with Crippen molar-refractivity contribution in [1.82, 2.24) is 5.32 Å². The fourth-order valence-electron chi connectivity index (χ4n) is 1.22. The number of Topliss-reactive ketones (excluding diaryl/α,β-unsaturated/α-hetero) is 1. The van der Waals surface area contributed by atoms with Crippen molar-refractivity contribution in [3.05, 3.63) is 21.9 Å². The zero-order valence-corrected chi connectivity index (χ0v) is 10.3. The molecule has 0 radical (unpaired) electrons. The molecule has 1 aromatic rings. The Labute approximate surface area is 102 Å². The molecule has 0 spiro atoms. The van der Waals surface area contributed by atoms with E-state index in [4.69, 9.17) is 5.11 Å². The third-order valence-electron chi connectivity index (χ3n) is 2.22. The number of aliphatic carboxylic acids is 1. The fraction of sp³-hybridized carbons (Fsp3) is 0.364. The first-order valence-corrected chi connectivity index (χ1v) is 5.96. The predicted octanol–water partition coefficient (Wildman–Crippen LogP) is 1.54. The molecule has 5 nitrogen and oxygen atoms in total. The number of hydrogen-bond acceptors (Lipinski definition) is 4. The normalized spacial score (nSPS) is 11.9. The van der Waals surface area contributed by atoms with Gasteiger partial charge in [0, 0.05) is 5.38 Å². The summed E-state index contributed by atoms with van der Waals surface area (Å²) in [5.74, 6) is -1.65. The maximum atomic E-state index is 11.7. The number of amides is 1. The number of carboxylic acids is 1. The molecule has 6 heteroatoms. The van der Waals surface area contributed by atoms with E-state index in [1.807, 2.05) is 0 Å². The first-order chi connectivity index (χ1) is 7.95. The van der Waals surface area contributed by atoms with Crippen LogP contribution in [0.1, 0.15) is 40.3 Å². The van der Waals surface area contributed by atoms with Gasteiger partial charge < -0.3 is 10.4 Å². The standard InChI is InChI=1S/C11H13NO4S/c1-3-8(11(15)16)12-10(14)7-4-9(6(2)13)17-5-7/h4-5,8H,3H2,1-2H3,(H,12,14)(H,15,16)/t8-/m0/s1. The predicted molar refractivity (Wildman–Crippen MR) is 63.5 cm³/mol. The van der Waals surface area contributed by atoms with Gasteiger partial charge in [-0.3, -0.25) is 9.59 Å². The van der Waals surface area contributed by atoms with Crippen molar-refractivity contribution in [2.45, 2.75) is 26.3 Å². The zero-order chi connectivity index (χ0) is 13.0. The molecular weight excluding hydrogens is 242 g/mol. The molecule has 92 valence electrons. The number of nitrogens with one attached hydrogen (secondary N) is 1. The number of thiophene rings is 1. The van der Waals surface area contributed by atoms with Crippen LogP contribution in [0.25, 0.3) is 0 Å². The minimum Gasteiger partial charge on any atom is -0.480 e. The lowest BCUT2D eigenvalue weighted by molar-refractivity contribution is -0.139. The van der Waals surface area contributed by atoms with Crippen LogP contribution in [0.2, 0.25) is 0 Å². The molecule has 1 amide bonds. The number of carboxylic acid groups (broad SMARTS) is 1. The molecule has 0 aliphatic heterocycles. The molecule has 0 aliphatic carbocycles. The SMILES string of the molecule is CC[C@H](NC(=O)c1csc(C(C)=O)c1)C(=O)O. The molecule has 0 saturated heterocycles. The van der Waals surface area contributed by atoms with Crippen LogP contribution in [0.4, 0.5) is 0 Å². The van der Waals surface area contributed by atoms with Crippen molar-refractivity contribution in [3.8, 4) is 0 Å². The monoisotopic (exact) mass is 255 g/mol. The van der Waals surface area contributed by atoms with Crippen LogP contribution in [0, 0.1) is 0 Å². The fourth-order valence-corrected chi connectivity index (χ4v) is 2.01. The van der Waals surface area contributed by atoms with Gasteiger partial charge in [0.2, 0.25) is 0 Å². The van der Waals surface area contributed by atoms with Crippen molar-refractivity contribution >= 4 is 29.0 Å². The van der Waals surface area contributed by atoms with Crippen LogP contribution in [0.5, 0.6) is 0 Å². The summed E-state index contributed by atoms with van der Waals surface area (Å²) >= 11 is 1.17. The number of hydrogen-bond donors (Lipinski definition) is 2. The van der Waals surface area contributed by atoms with E-state index in [9.17, 15) is 14.4 Å². The molecule has 0 unspecified atom stereocenters. The highest BCUT2D eigenvalue weighted by molar-refractivity contribution is 7.12. The highest BCUT2D eigenvalue weighted by Crippen LogP contribution is 2.15. The van der Waals surface area contributed by atoms with Gasteiger partial charge in [0.1, 0.15) is 6.04 Å². The molecule has 1 heterocycles. The van der Waals surface area contributed by atoms with Gasteiger partial charge in [-0.05, 0) is 19.4 Å². The van der Waals surface area contributed by atoms with Crippen LogP contribution in [0.3, 0.4) is 0 Å². The summed E-state index contributed by atoms with van der Waals surface area (Å²) in [6.07, 6.45) is 0.310. The number of ketones is 1. The largest absolute Gasteiger partial charge is 0.480 e. The second kappa shape index (κ2) is 5.58. The Kier molecular flexibility index (Phi) is 4.39. The first-order valence-electron chi connectivity index (χ1n) is 5.08. The molecule has 1 aromatic heterocycles. The molecule has 0 fully saturated rings. The van der Waals surface area contributed by atoms with E-state index in [-0.39, 0.29) is 5.78 Å². The number of carbonyl (C=O) groups is 3. The molecule has 17 heavy (non-hydrogen) atoms. The summed E-state index contributed by atoms with van der Waals surface area (Å²) < 4.78 is 0. The minimum atomic E-state index is -1.07. The summed E-state index contributed by atoms with van der Waals surface area (Å²) in [5.41, 5.74) is 0.319. The maximum absolute atomic E-state index is 11.7. The third-order valence-corrected chi connectivity index (χ3v) is 3.25. The molecule has 2 N–H and O–H groups in total. The average molecular weight is 255 g/mol. The Bertz CT molecular complexity index is 452. The Morgan fingerprint density at radius 1 is 1.47 bits per heavy atom. The van der Waals surface area contributed by atoms with Gasteiger partial charge in [-0.1, -0.05) is 6.92 Å². The Morgan fingerprint density at radius 2 is 2.12 bits per heavy atom. The van der Waals surface area contributed by atoms with E-state index in [0.717, 1.165) is 0 Å². The van der Waals surface area contributed by atoms with Crippen LogP contribution < -0.4 is 5.32 Å². The van der Waals surface area contributed by atoms with E-state index in [0.29, 0.717) is 16.9 Å². The molecule has 0 aromatic carbocycles. The van der Waals surface area contributed by atoms with Gasteiger partial charge in [0.25, 0.3) is 5.91 Å². The Balaban J connectivity index is 2.75. The Morgan fingerprint density at radius 3 is 2.53 bits per heavy atom. The van der Waals surface area contributed by atoms with Gasteiger partial charge >= 0.3 is 5.97 Å². The smallest absolute Gasteiger partial charge is 0.326 e. The van der Waals surface area contributed by atoms with Gasteiger partial charge in [0.15, 0.2) is 5.78 Å². The van der Waals surface area contributed by atoms with E-state index >= 15 is 0 Å². The maximum Gasteiger partial charge on any atom is 0.326 e. The van der Waals surface area contributed by atoms with Gasteiger partial charge in [-0.25, -0.2) is 4.79 Å². The van der Waals surface area contributed by atoms with Crippen molar-refractivity contribution < 1.29 is 19.5 Å². The summed E-state index contributed by atoms with van der Waals surface area (Å²) in [7, 11) is 0. The van der Waals surface area contributed by atoms with Gasteiger partial charge in [-0.15, -0.1) is 11.3 Å². The second-order valence-corrected chi connectivity index (χ2v) is 4.44. The van der Waals surface area contributed by atoms with Crippen LogP contribution in [0.15, 0.2) is 11.4 Å². The van der Waals surface area contributed by atoms with Crippen LogP contribution >= 0.6 is 11.3 Å².